The van der Waals surface area contributed by atoms with Crippen LogP contribution in [0.2, 0.25) is 0 Å². The van der Waals surface area contributed by atoms with Gasteiger partial charge >= 0.3 is 0 Å². The number of benzene rings is 1. The molecule has 1 saturated carbocycles. The van der Waals surface area contributed by atoms with Gasteiger partial charge in [-0.1, -0.05) is 6.92 Å². The minimum Gasteiger partial charge on any atom is -0.398 e. The largest absolute Gasteiger partial charge is 0.398 e. The number of nitrogen functional groups attached to an aromatic ring is 1. The number of hydrogen-bond acceptors (Lipinski definition) is 3. The van der Waals surface area contributed by atoms with E-state index in [1.165, 1.54) is 19.8 Å². The van der Waals surface area contributed by atoms with Crippen LogP contribution in [-0.2, 0) is 0 Å². The van der Waals surface area contributed by atoms with Gasteiger partial charge in [0.15, 0.2) is 5.78 Å². The Morgan fingerprint density at radius 3 is 2.75 bits per heavy atom. The molecule has 2 rings (SSSR count). The third kappa shape index (κ3) is 2.35. The van der Waals surface area contributed by atoms with E-state index in [4.69, 9.17) is 5.73 Å². The van der Waals surface area contributed by atoms with E-state index in [1.807, 2.05) is 12.1 Å². The molecular formula is C13H18N2O. The summed E-state index contributed by atoms with van der Waals surface area (Å²) in [6.07, 6.45) is 2.57. The number of nitrogens with two attached hydrogens (primary N) is 1. The van der Waals surface area contributed by atoms with E-state index < -0.39 is 0 Å². The zero-order valence-electron chi connectivity index (χ0n) is 9.84. The van der Waals surface area contributed by atoms with Crippen LogP contribution in [0.15, 0.2) is 18.2 Å². The zero-order chi connectivity index (χ0) is 11.8. The lowest BCUT2D eigenvalue weighted by molar-refractivity contribution is 0.101. The normalized spacial score (nSPS) is 16.9. The third-order valence-electron chi connectivity index (χ3n) is 3.26. The summed E-state index contributed by atoms with van der Waals surface area (Å²) in [5.74, 6) is 0.0128. The lowest BCUT2D eigenvalue weighted by Crippen LogP contribution is -2.12. The Morgan fingerprint density at radius 1 is 1.50 bits per heavy atom. The van der Waals surface area contributed by atoms with Crippen LogP contribution in [-0.4, -0.2) is 12.3 Å². The Morgan fingerprint density at radius 2 is 2.19 bits per heavy atom. The molecule has 0 aromatic heterocycles. The summed E-state index contributed by atoms with van der Waals surface area (Å²) < 4.78 is 0. The molecule has 0 spiro atoms. The quantitative estimate of drug-likeness (QED) is 0.603. The van der Waals surface area contributed by atoms with Crippen molar-refractivity contribution in [1.82, 2.24) is 0 Å². The smallest absolute Gasteiger partial charge is 0.161 e. The van der Waals surface area contributed by atoms with Gasteiger partial charge in [-0.05, 0) is 43.4 Å². The first-order valence-electron chi connectivity index (χ1n) is 5.65. The van der Waals surface area contributed by atoms with Crippen molar-refractivity contribution < 1.29 is 4.79 Å². The van der Waals surface area contributed by atoms with Crippen LogP contribution in [0.4, 0.5) is 11.4 Å². The van der Waals surface area contributed by atoms with Gasteiger partial charge in [-0.2, -0.15) is 0 Å². The average molecular weight is 218 g/mol. The molecule has 0 unspecified atom stereocenters. The van der Waals surface area contributed by atoms with Crippen molar-refractivity contribution in [3.63, 3.8) is 0 Å². The lowest BCUT2D eigenvalue weighted by atomic mass is 10.1. The predicted molar refractivity (Wildman–Crippen MR) is 66.7 cm³/mol. The molecule has 0 bridgehead atoms. The van der Waals surface area contributed by atoms with Crippen molar-refractivity contribution in [2.45, 2.75) is 26.7 Å². The summed E-state index contributed by atoms with van der Waals surface area (Å²) in [6, 6.07) is 5.55. The van der Waals surface area contributed by atoms with Gasteiger partial charge in [-0.15, -0.1) is 0 Å². The average Bonchev–Trinajstić information content (AvgIpc) is 2.96. The lowest BCUT2D eigenvalue weighted by Gasteiger charge is -2.12. The third-order valence-corrected chi connectivity index (χ3v) is 3.26. The van der Waals surface area contributed by atoms with Crippen molar-refractivity contribution in [2.24, 2.45) is 5.41 Å². The fourth-order valence-electron chi connectivity index (χ4n) is 1.68. The van der Waals surface area contributed by atoms with E-state index in [2.05, 4.69) is 12.2 Å². The number of ketones is 1. The minimum atomic E-state index is 0.0128. The molecule has 0 saturated heterocycles. The Hall–Kier alpha value is -1.51. The van der Waals surface area contributed by atoms with Gasteiger partial charge in [-0.3, -0.25) is 4.79 Å². The Balaban J connectivity index is 2.09. The fraction of sp³-hybridized carbons (Fsp3) is 0.462. The van der Waals surface area contributed by atoms with Crippen LogP contribution in [0.25, 0.3) is 0 Å². The molecule has 1 aliphatic carbocycles. The molecule has 1 aromatic carbocycles. The van der Waals surface area contributed by atoms with Crippen LogP contribution in [0.3, 0.4) is 0 Å². The topological polar surface area (TPSA) is 55.1 Å². The summed E-state index contributed by atoms with van der Waals surface area (Å²) in [5.41, 5.74) is 8.33. The maximum Gasteiger partial charge on any atom is 0.161 e. The SMILES string of the molecule is CC(=O)c1cc(NCC2(C)CC2)ccc1N. The second kappa shape index (κ2) is 3.81. The number of carbonyl (C=O) groups is 1. The number of carbonyl (C=O) groups excluding carboxylic acids is 1. The Labute approximate surface area is 96.0 Å². The number of hydrogen-bond donors (Lipinski definition) is 2. The Bertz CT molecular complexity index is 422. The zero-order valence-corrected chi connectivity index (χ0v) is 9.84. The fourth-order valence-corrected chi connectivity index (χ4v) is 1.68. The molecule has 16 heavy (non-hydrogen) atoms. The number of rotatable bonds is 4. The van der Waals surface area contributed by atoms with E-state index in [0.717, 1.165) is 12.2 Å². The van der Waals surface area contributed by atoms with E-state index in [0.29, 0.717) is 16.7 Å². The van der Waals surface area contributed by atoms with E-state index in [9.17, 15) is 4.79 Å². The molecule has 0 aliphatic heterocycles. The molecule has 0 heterocycles. The van der Waals surface area contributed by atoms with Gasteiger partial charge in [0.25, 0.3) is 0 Å². The standard InChI is InChI=1S/C13H18N2O/c1-9(16)11-7-10(3-4-12(11)14)15-8-13(2)5-6-13/h3-4,7,15H,5-6,8,14H2,1-2H3. The molecule has 1 fully saturated rings. The molecule has 1 aromatic rings. The van der Waals surface area contributed by atoms with Crippen molar-refractivity contribution in [3.05, 3.63) is 23.8 Å². The summed E-state index contributed by atoms with van der Waals surface area (Å²) in [6.45, 7) is 4.77. The second-order valence-corrected chi connectivity index (χ2v) is 5.02. The second-order valence-electron chi connectivity index (χ2n) is 5.02. The number of nitrogens with one attached hydrogen (secondary N) is 1. The molecule has 3 heteroatoms. The molecule has 86 valence electrons. The highest BCUT2D eigenvalue weighted by atomic mass is 16.1. The first-order chi connectivity index (χ1) is 7.50. The van der Waals surface area contributed by atoms with Gasteiger partial charge in [0, 0.05) is 23.5 Å². The Kier molecular flexibility index (Phi) is 2.62. The molecular weight excluding hydrogens is 200 g/mol. The predicted octanol–water partition coefficient (Wildman–Crippen LogP) is 2.68. The molecule has 1 aliphatic rings. The summed E-state index contributed by atoms with van der Waals surface area (Å²) >= 11 is 0. The van der Waals surface area contributed by atoms with Crippen LogP contribution in [0.5, 0.6) is 0 Å². The molecule has 3 nitrogen and oxygen atoms in total. The van der Waals surface area contributed by atoms with Crippen molar-refractivity contribution in [1.29, 1.82) is 0 Å². The first kappa shape index (κ1) is 11.0. The van der Waals surface area contributed by atoms with Crippen LogP contribution in [0.1, 0.15) is 37.0 Å². The van der Waals surface area contributed by atoms with Crippen LogP contribution < -0.4 is 11.1 Å². The minimum absolute atomic E-state index is 0.0128. The van der Waals surface area contributed by atoms with Crippen molar-refractivity contribution in [3.8, 4) is 0 Å². The van der Waals surface area contributed by atoms with Crippen LogP contribution in [0, 0.1) is 5.41 Å². The van der Waals surface area contributed by atoms with Gasteiger partial charge in [0.2, 0.25) is 0 Å². The maximum atomic E-state index is 11.3. The van der Waals surface area contributed by atoms with Gasteiger partial charge in [0.05, 0.1) is 0 Å². The van der Waals surface area contributed by atoms with E-state index in [-0.39, 0.29) is 5.78 Å². The van der Waals surface area contributed by atoms with E-state index in [1.54, 1.807) is 6.07 Å². The maximum absolute atomic E-state index is 11.3. The monoisotopic (exact) mass is 218 g/mol. The molecule has 0 amide bonds. The highest BCUT2D eigenvalue weighted by molar-refractivity contribution is 6.00. The molecule has 3 N–H and O–H groups in total. The van der Waals surface area contributed by atoms with Crippen molar-refractivity contribution in [2.75, 3.05) is 17.6 Å². The highest BCUT2D eigenvalue weighted by Gasteiger charge is 2.36. The number of Topliss-reactive ketones (excluding diaryl/α,β-unsaturated/α-hetero) is 1. The van der Waals surface area contributed by atoms with Crippen LogP contribution >= 0.6 is 0 Å². The van der Waals surface area contributed by atoms with Gasteiger partial charge in [-0.25, -0.2) is 0 Å². The van der Waals surface area contributed by atoms with Gasteiger partial charge in [0.1, 0.15) is 0 Å². The summed E-state index contributed by atoms with van der Waals surface area (Å²) in [4.78, 5) is 11.3. The molecule has 0 radical (unpaired) electrons. The highest BCUT2D eigenvalue weighted by Crippen LogP contribution is 2.44. The van der Waals surface area contributed by atoms with E-state index >= 15 is 0 Å². The summed E-state index contributed by atoms with van der Waals surface area (Å²) in [7, 11) is 0. The first-order valence-corrected chi connectivity index (χ1v) is 5.65. The van der Waals surface area contributed by atoms with Gasteiger partial charge < -0.3 is 11.1 Å². The summed E-state index contributed by atoms with van der Waals surface area (Å²) in [5, 5.41) is 3.36. The molecule has 0 atom stereocenters. The number of anilines is 2. The van der Waals surface area contributed by atoms with Crippen molar-refractivity contribution >= 4 is 17.2 Å².